The molecule has 0 aliphatic heterocycles. The number of carbonyl (C=O) groups excluding carboxylic acids is 2. The monoisotopic (exact) mass is 315 g/mol. The Balaban J connectivity index is 1.87. The molecule has 0 spiro atoms. The maximum atomic E-state index is 12.1. The van der Waals surface area contributed by atoms with Gasteiger partial charge in [-0.15, -0.1) is 0 Å². The molecule has 1 aromatic carbocycles. The predicted octanol–water partition coefficient (Wildman–Crippen LogP) is 2.48. The van der Waals surface area contributed by atoms with Gasteiger partial charge in [0.05, 0.1) is 0 Å². The van der Waals surface area contributed by atoms with Crippen molar-refractivity contribution in [1.82, 2.24) is 15.2 Å². The van der Waals surface area contributed by atoms with Crippen LogP contribution in [0.15, 0.2) is 30.5 Å². The van der Waals surface area contributed by atoms with Gasteiger partial charge in [0.1, 0.15) is 0 Å². The van der Waals surface area contributed by atoms with Crippen molar-refractivity contribution in [2.45, 2.75) is 33.1 Å². The molecule has 5 nitrogen and oxygen atoms in total. The number of H-pyrrole nitrogens is 1. The van der Waals surface area contributed by atoms with Crippen LogP contribution in [0.5, 0.6) is 0 Å². The minimum atomic E-state index is -0.508. The Kier molecular flexibility index (Phi) is 6.20. The first-order valence-corrected chi connectivity index (χ1v) is 8.29. The van der Waals surface area contributed by atoms with Gasteiger partial charge in [-0.05, 0) is 30.9 Å². The van der Waals surface area contributed by atoms with Crippen LogP contribution in [0.4, 0.5) is 0 Å². The highest BCUT2D eigenvalue weighted by molar-refractivity contribution is 6.35. The first kappa shape index (κ1) is 17.1. The Morgan fingerprint density at radius 2 is 1.83 bits per heavy atom. The van der Waals surface area contributed by atoms with Gasteiger partial charge in [0, 0.05) is 36.7 Å². The lowest BCUT2D eigenvalue weighted by molar-refractivity contribution is -0.145. The molecular formula is C18H25N3O2. The van der Waals surface area contributed by atoms with Crippen LogP contribution in [-0.2, 0) is 16.0 Å². The van der Waals surface area contributed by atoms with Crippen LogP contribution in [-0.4, -0.2) is 41.3 Å². The molecule has 0 bridgehead atoms. The van der Waals surface area contributed by atoms with Crippen molar-refractivity contribution in [2.24, 2.45) is 0 Å². The van der Waals surface area contributed by atoms with E-state index in [0.717, 1.165) is 29.3 Å². The maximum Gasteiger partial charge on any atom is 0.311 e. The molecule has 1 aromatic heterocycles. The zero-order valence-corrected chi connectivity index (χ0v) is 13.9. The molecule has 0 atom stereocenters. The van der Waals surface area contributed by atoms with Gasteiger partial charge in [-0.3, -0.25) is 9.59 Å². The third kappa shape index (κ3) is 4.34. The van der Waals surface area contributed by atoms with Crippen LogP contribution < -0.4 is 5.32 Å². The van der Waals surface area contributed by atoms with E-state index in [1.165, 1.54) is 0 Å². The highest BCUT2D eigenvalue weighted by Gasteiger charge is 2.20. The lowest BCUT2D eigenvalue weighted by atomic mass is 10.1. The van der Waals surface area contributed by atoms with Crippen molar-refractivity contribution in [3.8, 4) is 0 Å². The summed E-state index contributed by atoms with van der Waals surface area (Å²) in [4.78, 5) is 29.0. The molecule has 2 amide bonds. The second-order valence-electron chi connectivity index (χ2n) is 5.66. The molecule has 0 aliphatic rings. The number of hydrogen-bond acceptors (Lipinski definition) is 2. The standard InChI is InChI=1S/C18H25N3O2/c1-3-11-21(12-4-2)18(23)17(22)19-10-9-14-13-20-16-8-6-5-7-15(14)16/h5-8,13,20H,3-4,9-12H2,1-2H3,(H,19,22). The van der Waals surface area contributed by atoms with Crippen molar-refractivity contribution < 1.29 is 9.59 Å². The molecule has 0 saturated heterocycles. The van der Waals surface area contributed by atoms with Crippen LogP contribution in [0.2, 0.25) is 0 Å². The van der Waals surface area contributed by atoms with E-state index in [0.29, 0.717) is 26.1 Å². The number of nitrogens with zero attached hydrogens (tertiary/aromatic N) is 1. The van der Waals surface area contributed by atoms with Gasteiger partial charge >= 0.3 is 11.8 Å². The Labute approximate surface area is 137 Å². The van der Waals surface area contributed by atoms with E-state index in [2.05, 4.69) is 16.4 Å². The lowest BCUT2D eigenvalue weighted by Crippen LogP contribution is -2.44. The Morgan fingerprint density at radius 1 is 1.13 bits per heavy atom. The van der Waals surface area contributed by atoms with E-state index in [9.17, 15) is 9.59 Å². The highest BCUT2D eigenvalue weighted by atomic mass is 16.2. The molecule has 0 saturated carbocycles. The summed E-state index contributed by atoms with van der Waals surface area (Å²) in [5, 5.41) is 3.90. The summed E-state index contributed by atoms with van der Waals surface area (Å²) in [5.74, 6) is -0.931. The number of amides is 2. The zero-order valence-electron chi connectivity index (χ0n) is 13.9. The summed E-state index contributed by atoms with van der Waals surface area (Å²) >= 11 is 0. The predicted molar refractivity (Wildman–Crippen MR) is 92.2 cm³/mol. The molecule has 1 heterocycles. The van der Waals surface area contributed by atoms with Crippen molar-refractivity contribution in [3.05, 3.63) is 36.0 Å². The number of para-hydroxylation sites is 1. The third-order valence-electron chi connectivity index (χ3n) is 3.82. The molecular weight excluding hydrogens is 290 g/mol. The first-order valence-electron chi connectivity index (χ1n) is 8.29. The molecule has 124 valence electrons. The minimum absolute atomic E-state index is 0.423. The number of benzene rings is 1. The van der Waals surface area contributed by atoms with Crippen molar-refractivity contribution >= 4 is 22.7 Å². The van der Waals surface area contributed by atoms with Crippen LogP contribution in [0, 0.1) is 0 Å². The Bertz CT molecular complexity index is 657. The van der Waals surface area contributed by atoms with Gasteiger partial charge in [0.15, 0.2) is 0 Å². The van der Waals surface area contributed by atoms with Crippen molar-refractivity contribution in [2.75, 3.05) is 19.6 Å². The number of rotatable bonds is 7. The molecule has 0 aliphatic carbocycles. The van der Waals surface area contributed by atoms with Gasteiger partial charge in [-0.25, -0.2) is 0 Å². The average Bonchev–Trinajstić information content (AvgIpc) is 2.97. The quantitative estimate of drug-likeness (QED) is 0.771. The summed E-state index contributed by atoms with van der Waals surface area (Å²) in [5.41, 5.74) is 2.23. The fraction of sp³-hybridized carbons (Fsp3) is 0.444. The van der Waals surface area contributed by atoms with E-state index in [-0.39, 0.29) is 0 Å². The second kappa shape index (κ2) is 8.36. The van der Waals surface area contributed by atoms with Crippen molar-refractivity contribution in [3.63, 3.8) is 0 Å². The number of aromatic amines is 1. The van der Waals surface area contributed by atoms with Gasteiger partial charge in [0.25, 0.3) is 0 Å². The fourth-order valence-electron chi connectivity index (χ4n) is 2.72. The summed E-state index contributed by atoms with van der Waals surface area (Å²) in [7, 11) is 0. The second-order valence-corrected chi connectivity index (χ2v) is 5.66. The summed E-state index contributed by atoms with van der Waals surface area (Å²) < 4.78 is 0. The average molecular weight is 315 g/mol. The fourth-order valence-corrected chi connectivity index (χ4v) is 2.72. The van der Waals surface area contributed by atoms with Crippen LogP contribution in [0.3, 0.4) is 0 Å². The van der Waals surface area contributed by atoms with Gasteiger partial charge in [-0.1, -0.05) is 32.0 Å². The number of carbonyl (C=O) groups is 2. The summed E-state index contributed by atoms with van der Waals surface area (Å²) in [6.45, 7) is 5.72. The largest absolute Gasteiger partial charge is 0.361 e. The highest BCUT2D eigenvalue weighted by Crippen LogP contribution is 2.17. The molecule has 0 radical (unpaired) electrons. The maximum absolute atomic E-state index is 12.1. The summed E-state index contributed by atoms with van der Waals surface area (Å²) in [6.07, 6.45) is 4.37. The topological polar surface area (TPSA) is 65.2 Å². The number of fused-ring (bicyclic) bond motifs is 1. The van der Waals surface area contributed by atoms with Gasteiger partial charge in [-0.2, -0.15) is 0 Å². The zero-order chi connectivity index (χ0) is 16.7. The molecule has 2 N–H and O–H groups in total. The van der Waals surface area contributed by atoms with Gasteiger partial charge < -0.3 is 15.2 Å². The number of hydrogen-bond donors (Lipinski definition) is 2. The Morgan fingerprint density at radius 3 is 2.52 bits per heavy atom. The normalized spacial score (nSPS) is 10.7. The smallest absolute Gasteiger partial charge is 0.311 e. The van der Waals surface area contributed by atoms with Gasteiger partial charge in [0.2, 0.25) is 0 Å². The van der Waals surface area contributed by atoms with E-state index in [1.807, 2.05) is 38.2 Å². The Hall–Kier alpha value is -2.30. The SMILES string of the molecule is CCCN(CCC)C(=O)C(=O)NCCc1c[nH]c2ccccc12. The van der Waals surface area contributed by atoms with Crippen molar-refractivity contribution in [1.29, 1.82) is 0 Å². The van der Waals surface area contributed by atoms with E-state index < -0.39 is 11.8 Å². The number of aromatic nitrogens is 1. The van der Waals surface area contributed by atoms with Crippen LogP contribution in [0.1, 0.15) is 32.3 Å². The molecule has 0 unspecified atom stereocenters. The molecule has 2 aromatic rings. The summed E-state index contributed by atoms with van der Waals surface area (Å²) in [6, 6.07) is 8.06. The third-order valence-corrected chi connectivity index (χ3v) is 3.82. The van der Waals surface area contributed by atoms with Crippen LogP contribution >= 0.6 is 0 Å². The number of nitrogens with one attached hydrogen (secondary N) is 2. The van der Waals surface area contributed by atoms with Crippen LogP contribution in [0.25, 0.3) is 10.9 Å². The van der Waals surface area contributed by atoms with E-state index in [1.54, 1.807) is 4.90 Å². The molecule has 0 fully saturated rings. The molecule has 23 heavy (non-hydrogen) atoms. The van der Waals surface area contributed by atoms with E-state index in [4.69, 9.17) is 0 Å². The lowest BCUT2D eigenvalue weighted by Gasteiger charge is -2.20. The first-order chi connectivity index (χ1) is 11.2. The molecule has 2 rings (SSSR count). The molecule has 5 heteroatoms. The van der Waals surface area contributed by atoms with E-state index >= 15 is 0 Å². The minimum Gasteiger partial charge on any atom is -0.361 e.